The second kappa shape index (κ2) is 3.73. The lowest BCUT2D eigenvalue weighted by Crippen LogP contribution is -2.46. The highest BCUT2D eigenvalue weighted by atomic mass is 79.9. The summed E-state index contributed by atoms with van der Waals surface area (Å²) in [7, 11) is 0. The van der Waals surface area contributed by atoms with Crippen LogP contribution >= 0.6 is 15.9 Å². The monoisotopic (exact) mass is 261 g/mol. The van der Waals surface area contributed by atoms with Crippen molar-refractivity contribution < 1.29 is 14.3 Å². The predicted octanol–water partition coefficient (Wildman–Crippen LogP) is 2.04. The third-order valence-electron chi connectivity index (χ3n) is 2.08. The quantitative estimate of drug-likeness (QED) is 0.726. The number of hydrogen-bond acceptors (Lipinski definition) is 3. The largest absolute Gasteiger partial charge is 0.449 e. The fraction of sp³-hybridized carbons (Fsp3) is 0.556. The summed E-state index contributed by atoms with van der Waals surface area (Å²) in [5, 5.41) is 0. The van der Waals surface area contributed by atoms with Crippen LogP contribution < -0.4 is 0 Å². The first-order chi connectivity index (χ1) is 6.41. The summed E-state index contributed by atoms with van der Waals surface area (Å²) in [4.78, 5) is 24.3. The second-order valence-corrected chi connectivity index (χ2v) is 4.29. The first-order valence-corrected chi connectivity index (χ1v) is 5.08. The zero-order valence-electron chi connectivity index (χ0n) is 8.33. The standard InChI is InChI=1S/C9H12BrNO3/c1-4-14-8(13)11-5-6(10)7(12)9(11,2)3/h5H,4H2,1-3H3. The van der Waals surface area contributed by atoms with Crippen molar-refractivity contribution in [2.45, 2.75) is 26.3 Å². The Bertz CT molecular complexity index is 309. The minimum absolute atomic E-state index is 0.120. The van der Waals surface area contributed by atoms with Crippen LogP contribution in [0.2, 0.25) is 0 Å². The first-order valence-electron chi connectivity index (χ1n) is 4.29. The van der Waals surface area contributed by atoms with Crippen molar-refractivity contribution in [2.75, 3.05) is 6.61 Å². The lowest BCUT2D eigenvalue weighted by Gasteiger charge is -2.27. The van der Waals surface area contributed by atoms with Gasteiger partial charge in [0.05, 0.1) is 11.1 Å². The van der Waals surface area contributed by atoms with Crippen molar-refractivity contribution in [1.29, 1.82) is 0 Å². The van der Waals surface area contributed by atoms with Crippen LogP contribution in [0.15, 0.2) is 10.7 Å². The highest BCUT2D eigenvalue weighted by molar-refractivity contribution is 9.12. The molecule has 5 heteroatoms. The van der Waals surface area contributed by atoms with Gasteiger partial charge in [-0.15, -0.1) is 0 Å². The van der Waals surface area contributed by atoms with Crippen LogP contribution in [0.5, 0.6) is 0 Å². The summed E-state index contributed by atoms with van der Waals surface area (Å²) >= 11 is 3.10. The molecular formula is C9H12BrNO3. The molecule has 0 saturated heterocycles. The number of ketones is 1. The Morgan fingerprint density at radius 1 is 1.64 bits per heavy atom. The maximum Gasteiger partial charge on any atom is 0.414 e. The summed E-state index contributed by atoms with van der Waals surface area (Å²) in [5.74, 6) is -0.120. The van der Waals surface area contributed by atoms with Crippen LogP contribution in [0.25, 0.3) is 0 Å². The van der Waals surface area contributed by atoms with Gasteiger partial charge in [0, 0.05) is 6.20 Å². The van der Waals surface area contributed by atoms with Gasteiger partial charge in [-0.3, -0.25) is 9.69 Å². The first kappa shape index (κ1) is 11.2. The highest BCUT2D eigenvalue weighted by Crippen LogP contribution is 2.31. The van der Waals surface area contributed by atoms with Gasteiger partial charge < -0.3 is 4.74 Å². The second-order valence-electron chi connectivity index (χ2n) is 3.43. The molecule has 0 aromatic heterocycles. The molecule has 1 amide bonds. The predicted molar refractivity (Wildman–Crippen MR) is 55.0 cm³/mol. The molecule has 0 spiro atoms. The Hall–Kier alpha value is -0.840. The van der Waals surface area contributed by atoms with Crippen molar-refractivity contribution in [3.05, 3.63) is 10.7 Å². The molecule has 78 valence electrons. The lowest BCUT2D eigenvalue weighted by molar-refractivity contribution is -0.121. The van der Waals surface area contributed by atoms with Crippen LogP contribution in [0.1, 0.15) is 20.8 Å². The van der Waals surface area contributed by atoms with Gasteiger partial charge in [-0.05, 0) is 36.7 Å². The molecule has 0 aromatic rings. The summed E-state index contributed by atoms with van der Waals surface area (Å²) < 4.78 is 5.23. The van der Waals surface area contributed by atoms with Crippen LogP contribution in [0.3, 0.4) is 0 Å². The van der Waals surface area contributed by atoms with Gasteiger partial charge >= 0.3 is 6.09 Å². The third kappa shape index (κ3) is 1.68. The van der Waals surface area contributed by atoms with E-state index >= 15 is 0 Å². The average molecular weight is 262 g/mol. The van der Waals surface area contributed by atoms with Crippen LogP contribution in [-0.2, 0) is 9.53 Å². The van der Waals surface area contributed by atoms with E-state index in [4.69, 9.17) is 4.74 Å². The van der Waals surface area contributed by atoms with Crippen LogP contribution in [0, 0.1) is 0 Å². The fourth-order valence-corrected chi connectivity index (χ4v) is 1.90. The molecule has 0 fully saturated rings. The Labute approximate surface area is 91.0 Å². The zero-order chi connectivity index (χ0) is 10.9. The number of amides is 1. The summed E-state index contributed by atoms with van der Waals surface area (Å²) in [5.41, 5.74) is -0.856. The van der Waals surface area contributed by atoms with E-state index < -0.39 is 11.6 Å². The zero-order valence-corrected chi connectivity index (χ0v) is 9.92. The smallest absolute Gasteiger partial charge is 0.414 e. The Morgan fingerprint density at radius 2 is 2.21 bits per heavy atom. The minimum atomic E-state index is -0.856. The van der Waals surface area contributed by atoms with Crippen molar-refractivity contribution in [3.63, 3.8) is 0 Å². The molecule has 0 bridgehead atoms. The summed E-state index contributed by atoms with van der Waals surface area (Å²) in [6.07, 6.45) is 0.959. The molecule has 0 saturated carbocycles. The van der Waals surface area contributed by atoms with Crippen molar-refractivity contribution in [2.24, 2.45) is 0 Å². The molecule has 14 heavy (non-hydrogen) atoms. The molecule has 1 aliphatic heterocycles. The highest BCUT2D eigenvalue weighted by Gasteiger charge is 2.44. The summed E-state index contributed by atoms with van der Waals surface area (Å²) in [6, 6.07) is 0. The lowest BCUT2D eigenvalue weighted by atomic mass is 10.0. The van der Waals surface area contributed by atoms with Gasteiger partial charge in [-0.1, -0.05) is 0 Å². The number of rotatable bonds is 1. The van der Waals surface area contributed by atoms with Crippen molar-refractivity contribution in [1.82, 2.24) is 4.90 Å². The molecule has 0 radical (unpaired) electrons. The van der Waals surface area contributed by atoms with E-state index in [1.807, 2.05) is 0 Å². The van der Waals surface area contributed by atoms with E-state index in [-0.39, 0.29) is 5.78 Å². The maximum atomic E-state index is 11.6. The number of carbonyl (C=O) groups excluding carboxylic acids is 2. The van der Waals surface area contributed by atoms with Gasteiger partial charge in [0.2, 0.25) is 0 Å². The molecule has 0 N–H and O–H groups in total. The normalized spacial score (nSPS) is 19.6. The molecule has 4 nitrogen and oxygen atoms in total. The maximum absolute atomic E-state index is 11.6. The number of halogens is 1. The molecular weight excluding hydrogens is 250 g/mol. The Morgan fingerprint density at radius 3 is 2.57 bits per heavy atom. The van der Waals surface area contributed by atoms with Crippen LogP contribution in [0.4, 0.5) is 4.79 Å². The molecule has 0 atom stereocenters. The fourth-order valence-electron chi connectivity index (χ4n) is 1.21. The molecule has 1 heterocycles. The van der Waals surface area contributed by atoms with E-state index in [1.165, 1.54) is 11.1 Å². The van der Waals surface area contributed by atoms with Crippen molar-refractivity contribution in [3.8, 4) is 0 Å². The molecule has 1 rings (SSSR count). The minimum Gasteiger partial charge on any atom is -0.449 e. The van der Waals surface area contributed by atoms with Crippen LogP contribution in [-0.4, -0.2) is 28.9 Å². The number of nitrogens with zero attached hydrogens (tertiary/aromatic N) is 1. The topological polar surface area (TPSA) is 46.6 Å². The summed E-state index contributed by atoms with van der Waals surface area (Å²) in [6.45, 7) is 5.38. The van der Waals surface area contributed by atoms with Gasteiger partial charge in [-0.2, -0.15) is 0 Å². The molecule has 1 aliphatic rings. The number of Topliss-reactive ketones (excluding diaryl/α,β-unsaturated/α-hetero) is 1. The number of hydrogen-bond donors (Lipinski definition) is 0. The van der Waals surface area contributed by atoms with Gasteiger partial charge in [-0.25, -0.2) is 4.79 Å². The van der Waals surface area contributed by atoms with E-state index in [0.29, 0.717) is 11.1 Å². The van der Waals surface area contributed by atoms with Gasteiger partial charge in [0.15, 0.2) is 5.78 Å². The Kier molecular flexibility index (Phi) is 2.99. The van der Waals surface area contributed by atoms with E-state index in [2.05, 4.69) is 15.9 Å². The average Bonchev–Trinajstić information content (AvgIpc) is 2.30. The van der Waals surface area contributed by atoms with Gasteiger partial charge in [0.1, 0.15) is 5.54 Å². The third-order valence-corrected chi connectivity index (χ3v) is 2.65. The Balaban J connectivity index is 2.91. The number of ether oxygens (including phenoxy) is 1. The van der Waals surface area contributed by atoms with E-state index in [1.54, 1.807) is 20.8 Å². The van der Waals surface area contributed by atoms with Gasteiger partial charge in [0.25, 0.3) is 0 Å². The van der Waals surface area contributed by atoms with Crippen molar-refractivity contribution >= 4 is 27.8 Å². The molecule has 0 aromatic carbocycles. The molecule has 0 aliphatic carbocycles. The van der Waals surface area contributed by atoms with E-state index in [0.717, 1.165) is 0 Å². The molecule has 0 unspecified atom stereocenters. The van der Waals surface area contributed by atoms with E-state index in [9.17, 15) is 9.59 Å². The SMILES string of the molecule is CCOC(=O)N1C=C(Br)C(=O)C1(C)C. The number of carbonyl (C=O) groups is 2.